The van der Waals surface area contributed by atoms with Crippen LogP contribution >= 0.6 is 0 Å². The first-order valence-electron chi connectivity index (χ1n) is 13.3. The molecule has 0 aromatic heterocycles. The third-order valence-electron chi connectivity index (χ3n) is 6.83. The topological polar surface area (TPSA) is 145 Å². The van der Waals surface area contributed by atoms with Crippen LogP contribution in [0.5, 0.6) is 34.5 Å². The molecular formula is C32H42O8. The van der Waals surface area contributed by atoms with E-state index in [1.54, 1.807) is 6.08 Å². The molecule has 5 N–H and O–H groups in total. The molecule has 0 saturated carbocycles. The number of benzene rings is 2. The summed E-state index contributed by atoms with van der Waals surface area (Å²) in [6, 6.07) is 0. The van der Waals surface area contributed by atoms with Crippen molar-refractivity contribution in [1.82, 2.24) is 0 Å². The number of aromatic hydroxyl groups is 5. The molecule has 8 nitrogen and oxygen atoms in total. The molecule has 0 radical (unpaired) electrons. The van der Waals surface area contributed by atoms with Gasteiger partial charge in [0.2, 0.25) is 0 Å². The van der Waals surface area contributed by atoms with Crippen LogP contribution in [0.1, 0.15) is 111 Å². The van der Waals surface area contributed by atoms with E-state index in [1.807, 2.05) is 47.6 Å². The van der Waals surface area contributed by atoms with Gasteiger partial charge in [-0.3, -0.25) is 9.59 Å². The van der Waals surface area contributed by atoms with Crippen LogP contribution < -0.4 is 4.74 Å². The number of ketones is 2. The number of ether oxygens (including phenoxy) is 1. The van der Waals surface area contributed by atoms with E-state index in [0.717, 1.165) is 11.1 Å². The molecule has 2 aromatic carbocycles. The Bertz CT molecular complexity index is 1370. The summed E-state index contributed by atoms with van der Waals surface area (Å²) in [6.07, 6.45) is 4.02. The summed E-state index contributed by atoms with van der Waals surface area (Å²) in [5, 5.41) is 56.9. The van der Waals surface area contributed by atoms with Gasteiger partial charge in [-0.25, -0.2) is 0 Å². The molecule has 40 heavy (non-hydrogen) atoms. The first-order chi connectivity index (χ1) is 18.6. The summed E-state index contributed by atoms with van der Waals surface area (Å²) < 4.78 is 5.49. The van der Waals surface area contributed by atoms with Crippen molar-refractivity contribution in [1.29, 1.82) is 0 Å². The summed E-state index contributed by atoms with van der Waals surface area (Å²) in [4.78, 5) is 25.4. The van der Waals surface area contributed by atoms with Crippen LogP contribution in [0.3, 0.4) is 0 Å². The van der Waals surface area contributed by atoms with Gasteiger partial charge in [0, 0.05) is 28.2 Å². The second kappa shape index (κ2) is 12.9. The Morgan fingerprint density at radius 1 is 0.675 bits per heavy atom. The van der Waals surface area contributed by atoms with Gasteiger partial charge in [0.1, 0.15) is 45.6 Å². The smallest absolute Gasteiger partial charge is 0.167 e. The number of allylic oxidation sites excluding steroid dienone is 4. The standard InChI is InChI=1S/C32H42O8/c1-15(2)10-12-20-27(35)23(18(7)33)30(38)25(28(20)36)22(14-17(5)6)26-29(37)21(13-11-16(3)4)32(40-9)24(19(8)34)31(26)39/h10-11,17,22,35-39H,12-14H2,1-9H3/t22-/m0/s1. The van der Waals surface area contributed by atoms with E-state index in [-0.39, 0.29) is 70.1 Å². The van der Waals surface area contributed by atoms with Gasteiger partial charge in [-0.1, -0.05) is 37.1 Å². The van der Waals surface area contributed by atoms with E-state index in [2.05, 4.69) is 0 Å². The first kappa shape index (κ1) is 32.3. The second-order valence-corrected chi connectivity index (χ2v) is 11.1. The molecule has 0 bridgehead atoms. The Morgan fingerprint density at radius 3 is 1.50 bits per heavy atom. The number of Topliss-reactive ketones (excluding diaryl/α,β-unsaturated/α-hetero) is 2. The molecule has 0 heterocycles. The number of methoxy groups -OCH3 is 1. The fourth-order valence-electron chi connectivity index (χ4n) is 4.95. The van der Waals surface area contributed by atoms with Crippen LogP contribution in [0, 0.1) is 5.92 Å². The molecule has 2 rings (SSSR count). The van der Waals surface area contributed by atoms with Gasteiger partial charge >= 0.3 is 0 Å². The highest BCUT2D eigenvalue weighted by Crippen LogP contribution is 2.55. The molecular weight excluding hydrogens is 512 g/mol. The number of rotatable bonds is 11. The predicted octanol–water partition coefficient (Wildman–Crippen LogP) is 6.82. The van der Waals surface area contributed by atoms with E-state index >= 15 is 0 Å². The van der Waals surface area contributed by atoms with Gasteiger partial charge < -0.3 is 30.3 Å². The molecule has 0 spiro atoms. The maximum Gasteiger partial charge on any atom is 0.167 e. The number of carbonyl (C=O) groups is 2. The summed E-state index contributed by atoms with van der Waals surface area (Å²) in [6.45, 7) is 13.6. The minimum absolute atomic E-state index is 0.0250. The lowest BCUT2D eigenvalue weighted by Gasteiger charge is -2.28. The summed E-state index contributed by atoms with van der Waals surface area (Å²) >= 11 is 0. The van der Waals surface area contributed by atoms with E-state index in [9.17, 15) is 35.1 Å². The Kier molecular flexibility index (Phi) is 10.4. The van der Waals surface area contributed by atoms with Crippen molar-refractivity contribution in [2.24, 2.45) is 5.92 Å². The van der Waals surface area contributed by atoms with E-state index in [1.165, 1.54) is 21.0 Å². The highest BCUT2D eigenvalue weighted by atomic mass is 16.5. The number of carbonyl (C=O) groups excluding carboxylic acids is 2. The maximum absolute atomic E-state index is 12.8. The fraction of sp³-hybridized carbons (Fsp3) is 0.438. The second-order valence-electron chi connectivity index (χ2n) is 11.1. The van der Waals surface area contributed by atoms with Gasteiger partial charge in [-0.15, -0.1) is 0 Å². The number of phenolic OH excluding ortho intramolecular Hbond substituents is 5. The molecule has 0 aliphatic rings. The van der Waals surface area contributed by atoms with Crippen LogP contribution in [-0.2, 0) is 12.8 Å². The minimum atomic E-state index is -1.07. The van der Waals surface area contributed by atoms with Crippen LogP contribution in [0.25, 0.3) is 0 Å². The van der Waals surface area contributed by atoms with Crippen LogP contribution in [0.4, 0.5) is 0 Å². The van der Waals surface area contributed by atoms with Gasteiger partial charge in [0.25, 0.3) is 0 Å². The monoisotopic (exact) mass is 554 g/mol. The van der Waals surface area contributed by atoms with Crippen molar-refractivity contribution in [2.75, 3.05) is 7.11 Å². The third kappa shape index (κ3) is 6.43. The average Bonchev–Trinajstić information content (AvgIpc) is 2.81. The van der Waals surface area contributed by atoms with Crippen molar-refractivity contribution < 1.29 is 39.9 Å². The van der Waals surface area contributed by atoms with Gasteiger partial charge in [-0.2, -0.15) is 0 Å². The highest BCUT2D eigenvalue weighted by Gasteiger charge is 2.37. The van der Waals surface area contributed by atoms with Gasteiger partial charge in [-0.05, 0) is 66.7 Å². The van der Waals surface area contributed by atoms with E-state index < -0.39 is 40.5 Å². The number of hydrogen-bond acceptors (Lipinski definition) is 8. The van der Waals surface area contributed by atoms with Crippen LogP contribution in [-0.4, -0.2) is 44.2 Å². The Labute approximate surface area is 236 Å². The van der Waals surface area contributed by atoms with Crippen molar-refractivity contribution >= 4 is 11.6 Å². The van der Waals surface area contributed by atoms with Gasteiger partial charge in [0.15, 0.2) is 11.6 Å². The van der Waals surface area contributed by atoms with Crippen LogP contribution in [0.15, 0.2) is 23.3 Å². The number of hydrogen-bond donors (Lipinski definition) is 5. The first-order valence-corrected chi connectivity index (χ1v) is 13.3. The van der Waals surface area contributed by atoms with E-state index in [0.29, 0.717) is 0 Å². The Hall–Kier alpha value is -3.94. The maximum atomic E-state index is 12.8. The zero-order valence-electron chi connectivity index (χ0n) is 24.9. The average molecular weight is 555 g/mol. The Morgan fingerprint density at radius 2 is 1.10 bits per heavy atom. The summed E-state index contributed by atoms with van der Waals surface area (Å²) in [7, 11) is 1.34. The molecule has 0 fully saturated rings. The molecule has 218 valence electrons. The quantitative estimate of drug-likeness (QED) is 0.150. The SMILES string of the molecule is COc1c(CC=C(C)C)c(O)c([C@@H](CC(C)C)c2c(O)c(CC=C(C)C)c(O)c(C(C)=O)c2O)c(O)c1C(C)=O. The molecule has 1 atom stereocenters. The largest absolute Gasteiger partial charge is 0.507 e. The predicted molar refractivity (Wildman–Crippen MR) is 155 cm³/mol. The molecule has 2 aromatic rings. The van der Waals surface area contributed by atoms with Gasteiger partial charge in [0.05, 0.1) is 7.11 Å². The normalized spacial score (nSPS) is 11.8. The zero-order chi connectivity index (χ0) is 30.6. The van der Waals surface area contributed by atoms with Crippen LogP contribution in [0.2, 0.25) is 0 Å². The van der Waals surface area contributed by atoms with E-state index in [4.69, 9.17) is 4.74 Å². The lowest BCUT2D eigenvalue weighted by atomic mass is 9.78. The molecule has 0 aliphatic carbocycles. The Balaban J connectivity index is 3.19. The highest BCUT2D eigenvalue weighted by molar-refractivity contribution is 6.02. The summed E-state index contributed by atoms with van der Waals surface area (Å²) in [5.41, 5.74) is 1.39. The molecule has 0 unspecified atom stereocenters. The molecule has 8 heteroatoms. The fourth-order valence-corrected chi connectivity index (χ4v) is 4.95. The molecule has 0 amide bonds. The molecule has 0 aliphatic heterocycles. The van der Waals surface area contributed by atoms with Crippen molar-refractivity contribution in [3.63, 3.8) is 0 Å². The summed E-state index contributed by atoms with van der Waals surface area (Å²) in [5.74, 6) is -4.84. The molecule has 0 saturated heterocycles. The van der Waals surface area contributed by atoms with Crippen molar-refractivity contribution in [2.45, 2.75) is 80.6 Å². The lowest BCUT2D eigenvalue weighted by molar-refractivity contribution is 0.0998. The number of phenols is 5. The zero-order valence-corrected chi connectivity index (χ0v) is 24.9. The van der Waals surface area contributed by atoms with Crippen molar-refractivity contribution in [3.8, 4) is 34.5 Å². The lowest BCUT2D eigenvalue weighted by Crippen LogP contribution is -2.13. The minimum Gasteiger partial charge on any atom is -0.507 e. The van der Waals surface area contributed by atoms with Crippen molar-refractivity contribution in [3.05, 3.63) is 56.7 Å². The third-order valence-corrected chi connectivity index (χ3v) is 6.83.